The Morgan fingerprint density at radius 1 is 1.37 bits per heavy atom. The standard InChI is InChI=1S/C16H23N3O8/c1-19(18-25)7-3-5-10(9-4-2-6-17-8-9)26-16-13(22)11(20)12(21)14(27-16)15(23)24/h2,4,6,8,10-14,16,20-22H,3,5,7H2,1H3,(H,23,24). The molecule has 1 fully saturated rings. The van der Waals surface area contributed by atoms with Gasteiger partial charge in [0.1, 0.15) is 18.3 Å². The molecule has 0 aliphatic carbocycles. The number of pyridine rings is 1. The number of carboxylic acids is 1. The summed E-state index contributed by atoms with van der Waals surface area (Å²) in [7, 11) is 1.52. The molecular formula is C16H23N3O8. The van der Waals surface area contributed by atoms with Gasteiger partial charge in [0.25, 0.3) is 0 Å². The van der Waals surface area contributed by atoms with Crippen LogP contribution in [0, 0.1) is 4.91 Å². The van der Waals surface area contributed by atoms with Crippen LogP contribution in [0.15, 0.2) is 29.8 Å². The number of hydrogen-bond acceptors (Lipinski definition) is 9. The number of ether oxygens (including phenoxy) is 2. The Morgan fingerprint density at radius 3 is 2.70 bits per heavy atom. The zero-order chi connectivity index (χ0) is 20.0. The fourth-order valence-electron chi connectivity index (χ4n) is 2.75. The SMILES string of the molecule is CN(CCCC(OC1OC(C(=O)O)C(O)C(O)C1O)c1cccnc1)N=O. The smallest absolute Gasteiger partial charge is 0.335 e. The monoisotopic (exact) mass is 385 g/mol. The van der Waals surface area contributed by atoms with Crippen molar-refractivity contribution in [2.24, 2.45) is 5.29 Å². The Kier molecular flexibility index (Phi) is 7.56. The third-order valence-electron chi connectivity index (χ3n) is 4.25. The molecule has 0 radical (unpaired) electrons. The van der Waals surface area contributed by atoms with Crippen LogP contribution in [-0.4, -0.2) is 80.7 Å². The molecular weight excluding hydrogens is 362 g/mol. The first-order valence-corrected chi connectivity index (χ1v) is 8.37. The van der Waals surface area contributed by atoms with E-state index in [1.54, 1.807) is 24.5 Å². The molecule has 27 heavy (non-hydrogen) atoms. The van der Waals surface area contributed by atoms with Gasteiger partial charge in [-0.05, 0) is 24.5 Å². The van der Waals surface area contributed by atoms with Gasteiger partial charge in [-0.2, -0.15) is 0 Å². The molecule has 0 saturated carbocycles. The second-order valence-corrected chi connectivity index (χ2v) is 6.25. The number of aliphatic hydroxyl groups excluding tert-OH is 3. The summed E-state index contributed by atoms with van der Waals surface area (Å²) in [6.07, 6.45) is -5.06. The molecule has 2 rings (SSSR count). The fraction of sp³-hybridized carbons (Fsp3) is 0.625. The molecule has 4 N–H and O–H groups in total. The van der Waals surface area contributed by atoms with Gasteiger partial charge in [-0.25, -0.2) is 4.79 Å². The maximum atomic E-state index is 11.2. The van der Waals surface area contributed by atoms with Crippen LogP contribution < -0.4 is 0 Å². The summed E-state index contributed by atoms with van der Waals surface area (Å²) in [5, 5.41) is 42.9. The van der Waals surface area contributed by atoms with Crippen molar-refractivity contribution in [3.05, 3.63) is 35.0 Å². The molecule has 6 atom stereocenters. The summed E-state index contributed by atoms with van der Waals surface area (Å²) in [4.78, 5) is 25.7. The van der Waals surface area contributed by atoms with Gasteiger partial charge in [-0.15, -0.1) is 4.91 Å². The molecule has 1 aliphatic heterocycles. The maximum absolute atomic E-state index is 11.2. The zero-order valence-electron chi connectivity index (χ0n) is 14.7. The van der Waals surface area contributed by atoms with E-state index >= 15 is 0 Å². The minimum Gasteiger partial charge on any atom is -0.479 e. The average molecular weight is 385 g/mol. The highest BCUT2D eigenvalue weighted by atomic mass is 16.7. The molecule has 1 aromatic rings. The second kappa shape index (κ2) is 9.67. The number of aliphatic hydroxyl groups is 3. The average Bonchev–Trinajstić information content (AvgIpc) is 2.67. The number of carbonyl (C=O) groups is 1. The number of aromatic nitrogens is 1. The van der Waals surface area contributed by atoms with E-state index < -0.39 is 42.8 Å². The van der Waals surface area contributed by atoms with Crippen LogP contribution in [0.5, 0.6) is 0 Å². The van der Waals surface area contributed by atoms with Gasteiger partial charge >= 0.3 is 5.97 Å². The predicted molar refractivity (Wildman–Crippen MR) is 90.0 cm³/mol. The van der Waals surface area contributed by atoms with E-state index in [-0.39, 0.29) is 0 Å². The topological polar surface area (TPSA) is 162 Å². The maximum Gasteiger partial charge on any atom is 0.335 e. The minimum atomic E-state index is -1.79. The molecule has 0 spiro atoms. The number of nitrogens with zero attached hydrogens (tertiary/aromatic N) is 3. The number of aliphatic carboxylic acids is 1. The van der Waals surface area contributed by atoms with Gasteiger partial charge < -0.3 is 29.9 Å². The Morgan fingerprint density at radius 2 is 2.11 bits per heavy atom. The largest absolute Gasteiger partial charge is 0.479 e. The summed E-state index contributed by atoms with van der Waals surface area (Å²) in [6.45, 7) is 0.358. The number of nitroso groups, excluding NO2 is 1. The van der Waals surface area contributed by atoms with E-state index in [1.807, 2.05) is 0 Å². The van der Waals surface area contributed by atoms with E-state index in [9.17, 15) is 25.0 Å². The first-order chi connectivity index (χ1) is 12.8. The van der Waals surface area contributed by atoms with Crippen molar-refractivity contribution in [2.45, 2.75) is 49.7 Å². The summed E-state index contributed by atoms with van der Waals surface area (Å²) in [5.41, 5.74) is 0.641. The molecule has 0 bridgehead atoms. The van der Waals surface area contributed by atoms with Crippen molar-refractivity contribution < 1.29 is 34.7 Å². The molecule has 1 saturated heterocycles. The first-order valence-electron chi connectivity index (χ1n) is 8.37. The molecule has 0 amide bonds. The van der Waals surface area contributed by atoms with Crippen LogP contribution in [0.4, 0.5) is 0 Å². The summed E-state index contributed by atoms with van der Waals surface area (Å²) < 4.78 is 10.9. The van der Waals surface area contributed by atoms with Gasteiger partial charge in [-0.3, -0.25) is 9.99 Å². The van der Waals surface area contributed by atoms with Crippen LogP contribution >= 0.6 is 0 Å². The van der Waals surface area contributed by atoms with Gasteiger partial charge in [0, 0.05) is 26.0 Å². The molecule has 1 aliphatic rings. The van der Waals surface area contributed by atoms with Crippen molar-refractivity contribution in [2.75, 3.05) is 13.6 Å². The Bertz CT molecular complexity index is 619. The highest BCUT2D eigenvalue weighted by Gasteiger charge is 2.48. The van der Waals surface area contributed by atoms with Crippen molar-refractivity contribution in [1.82, 2.24) is 9.99 Å². The van der Waals surface area contributed by atoms with Crippen LogP contribution in [-0.2, 0) is 14.3 Å². The van der Waals surface area contributed by atoms with Crippen LogP contribution in [0.2, 0.25) is 0 Å². The number of hydrogen-bond donors (Lipinski definition) is 4. The summed E-state index contributed by atoms with van der Waals surface area (Å²) in [5.74, 6) is -1.49. The van der Waals surface area contributed by atoms with E-state index in [0.29, 0.717) is 24.9 Å². The Hall–Kier alpha value is -2.18. The predicted octanol–water partition coefficient (Wildman–Crippen LogP) is -0.575. The van der Waals surface area contributed by atoms with Crippen molar-refractivity contribution in [3.63, 3.8) is 0 Å². The lowest BCUT2D eigenvalue weighted by molar-refractivity contribution is -0.306. The van der Waals surface area contributed by atoms with Crippen molar-refractivity contribution >= 4 is 5.97 Å². The van der Waals surface area contributed by atoms with Crippen LogP contribution in [0.25, 0.3) is 0 Å². The van der Waals surface area contributed by atoms with Gasteiger partial charge in [0.15, 0.2) is 12.4 Å². The van der Waals surface area contributed by atoms with Crippen molar-refractivity contribution in [3.8, 4) is 0 Å². The highest BCUT2D eigenvalue weighted by Crippen LogP contribution is 2.30. The zero-order valence-corrected chi connectivity index (χ0v) is 14.7. The lowest BCUT2D eigenvalue weighted by atomic mass is 9.98. The third kappa shape index (κ3) is 5.40. The van der Waals surface area contributed by atoms with Crippen LogP contribution in [0.3, 0.4) is 0 Å². The molecule has 6 unspecified atom stereocenters. The molecule has 2 heterocycles. The van der Waals surface area contributed by atoms with Crippen molar-refractivity contribution in [1.29, 1.82) is 0 Å². The van der Waals surface area contributed by atoms with Crippen LogP contribution in [0.1, 0.15) is 24.5 Å². The lowest BCUT2D eigenvalue weighted by Crippen LogP contribution is -2.60. The molecule has 11 nitrogen and oxygen atoms in total. The lowest BCUT2D eigenvalue weighted by Gasteiger charge is -2.39. The third-order valence-corrected chi connectivity index (χ3v) is 4.25. The summed E-state index contributed by atoms with van der Waals surface area (Å²) >= 11 is 0. The number of carboxylic acid groups (broad SMARTS) is 1. The van der Waals surface area contributed by atoms with E-state index in [0.717, 1.165) is 0 Å². The Labute approximate surface area is 155 Å². The molecule has 150 valence electrons. The second-order valence-electron chi connectivity index (χ2n) is 6.25. The van der Waals surface area contributed by atoms with Gasteiger partial charge in [-0.1, -0.05) is 6.07 Å². The highest BCUT2D eigenvalue weighted by molar-refractivity contribution is 5.73. The number of rotatable bonds is 9. The normalized spacial score (nSPS) is 29.1. The fourth-order valence-corrected chi connectivity index (χ4v) is 2.75. The van der Waals surface area contributed by atoms with E-state index in [1.165, 1.54) is 12.1 Å². The quantitative estimate of drug-likeness (QED) is 0.320. The van der Waals surface area contributed by atoms with E-state index in [4.69, 9.17) is 14.6 Å². The molecule has 0 aromatic carbocycles. The molecule has 1 aromatic heterocycles. The van der Waals surface area contributed by atoms with E-state index in [2.05, 4.69) is 10.3 Å². The molecule has 11 heteroatoms. The minimum absolute atomic E-state index is 0.358. The van der Waals surface area contributed by atoms with Gasteiger partial charge in [0.2, 0.25) is 0 Å². The summed E-state index contributed by atoms with van der Waals surface area (Å²) in [6, 6.07) is 3.41. The van der Waals surface area contributed by atoms with Gasteiger partial charge in [0.05, 0.1) is 11.4 Å². The first kappa shape index (κ1) is 21.1. The Balaban J connectivity index is 2.12.